The Kier molecular flexibility index (Phi) is 5.69. The van der Waals surface area contributed by atoms with Crippen molar-refractivity contribution in [2.45, 2.75) is 12.8 Å². The van der Waals surface area contributed by atoms with E-state index in [0.717, 1.165) is 18.4 Å². The molecule has 1 aliphatic rings. The molecule has 0 saturated carbocycles. The van der Waals surface area contributed by atoms with Crippen LogP contribution < -0.4 is 0 Å². The van der Waals surface area contributed by atoms with Crippen LogP contribution in [0.1, 0.15) is 23.2 Å². The molecule has 1 heterocycles. The van der Waals surface area contributed by atoms with Gasteiger partial charge >= 0.3 is 0 Å². The summed E-state index contributed by atoms with van der Waals surface area (Å²) in [5, 5.41) is 9.80. The minimum Gasteiger partial charge on any atom is -0.396 e. The number of nitrogens with zero attached hydrogens (tertiary/aromatic N) is 1. The van der Waals surface area contributed by atoms with Gasteiger partial charge in [-0.3, -0.25) is 4.79 Å². The van der Waals surface area contributed by atoms with Crippen LogP contribution in [-0.2, 0) is 4.74 Å². The zero-order chi connectivity index (χ0) is 18.6. The third kappa shape index (κ3) is 3.94. The van der Waals surface area contributed by atoms with Crippen molar-refractivity contribution in [1.82, 2.24) is 4.90 Å². The second kappa shape index (κ2) is 7.98. The zero-order valence-corrected chi connectivity index (χ0v) is 15.0. The van der Waals surface area contributed by atoms with E-state index in [1.807, 2.05) is 0 Å². The van der Waals surface area contributed by atoms with E-state index in [0.29, 0.717) is 30.9 Å². The van der Waals surface area contributed by atoms with E-state index >= 15 is 0 Å². The van der Waals surface area contributed by atoms with E-state index < -0.39 is 0 Å². The van der Waals surface area contributed by atoms with Crippen LogP contribution in [0.5, 0.6) is 0 Å². The van der Waals surface area contributed by atoms with Crippen molar-refractivity contribution in [3.8, 4) is 11.1 Å². The van der Waals surface area contributed by atoms with Gasteiger partial charge in [0.25, 0.3) is 5.91 Å². The van der Waals surface area contributed by atoms with Gasteiger partial charge in [-0.05, 0) is 36.6 Å². The van der Waals surface area contributed by atoms with Gasteiger partial charge in [0.1, 0.15) is 5.82 Å². The fourth-order valence-electron chi connectivity index (χ4n) is 3.45. The van der Waals surface area contributed by atoms with Gasteiger partial charge in [0, 0.05) is 43.3 Å². The predicted molar refractivity (Wildman–Crippen MR) is 98.4 cm³/mol. The van der Waals surface area contributed by atoms with Gasteiger partial charge in [-0.25, -0.2) is 4.39 Å². The highest BCUT2D eigenvalue weighted by atomic mass is 19.1. The van der Waals surface area contributed by atoms with Gasteiger partial charge in [-0.1, -0.05) is 30.3 Å². The van der Waals surface area contributed by atoms with Crippen LogP contribution in [0.15, 0.2) is 48.5 Å². The van der Waals surface area contributed by atoms with Crippen LogP contribution in [0.4, 0.5) is 4.39 Å². The topological polar surface area (TPSA) is 49.8 Å². The first-order chi connectivity index (χ1) is 12.5. The molecule has 1 aliphatic heterocycles. The lowest BCUT2D eigenvalue weighted by atomic mass is 9.80. The summed E-state index contributed by atoms with van der Waals surface area (Å²) in [5.74, 6) is -0.391. The van der Waals surface area contributed by atoms with Crippen molar-refractivity contribution < 1.29 is 19.0 Å². The van der Waals surface area contributed by atoms with Gasteiger partial charge in [0.2, 0.25) is 0 Å². The molecule has 0 radical (unpaired) electrons. The lowest BCUT2D eigenvalue weighted by Gasteiger charge is -2.38. The number of hydrogen-bond acceptors (Lipinski definition) is 3. The smallest absolute Gasteiger partial charge is 0.253 e. The standard InChI is InChI=1S/C21H24FNO3/c1-23(14-21(15-24)10-12-26-13-11-21)20(25)17-8-6-16(7-9-17)18-4-2-3-5-19(18)22/h2-9,24H,10-15H2,1H3. The van der Waals surface area contributed by atoms with Crippen LogP contribution in [0, 0.1) is 11.2 Å². The van der Waals surface area contributed by atoms with Gasteiger partial charge in [0.05, 0.1) is 6.61 Å². The Bertz CT molecular complexity index is 754. The van der Waals surface area contributed by atoms with E-state index in [-0.39, 0.29) is 23.7 Å². The number of aliphatic hydroxyl groups is 1. The average molecular weight is 357 g/mol. The number of amides is 1. The molecule has 0 bridgehead atoms. The average Bonchev–Trinajstić information content (AvgIpc) is 2.68. The van der Waals surface area contributed by atoms with Crippen LogP contribution in [-0.4, -0.2) is 49.3 Å². The molecule has 1 fully saturated rings. The molecule has 1 saturated heterocycles. The normalized spacial score (nSPS) is 16.3. The Hall–Kier alpha value is -2.24. The number of carbonyl (C=O) groups is 1. The zero-order valence-electron chi connectivity index (χ0n) is 15.0. The summed E-state index contributed by atoms with van der Waals surface area (Å²) in [6.07, 6.45) is 1.49. The molecule has 138 valence electrons. The number of aliphatic hydroxyl groups excluding tert-OH is 1. The summed E-state index contributed by atoms with van der Waals surface area (Å²) in [6.45, 7) is 1.75. The lowest BCUT2D eigenvalue weighted by molar-refractivity contribution is -0.0282. The summed E-state index contributed by atoms with van der Waals surface area (Å²) < 4.78 is 19.3. The van der Waals surface area contributed by atoms with Crippen molar-refractivity contribution in [3.05, 3.63) is 59.9 Å². The van der Waals surface area contributed by atoms with Crippen molar-refractivity contribution in [3.63, 3.8) is 0 Å². The largest absolute Gasteiger partial charge is 0.396 e. The first kappa shape index (κ1) is 18.5. The van der Waals surface area contributed by atoms with Crippen molar-refractivity contribution in [2.75, 3.05) is 33.4 Å². The molecule has 4 nitrogen and oxygen atoms in total. The number of rotatable bonds is 5. The quantitative estimate of drug-likeness (QED) is 0.893. The molecule has 2 aromatic rings. The maximum absolute atomic E-state index is 13.9. The molecule has 5 heteroatoms. The second-order valence-corrected chi connectivity index (χ2v) is 6.99. The maximum Gasteiger partial charge on any atom is 0.253 e. The van der Waals surface area contributed by atoms with Gasteiger partial charge in [0.15, 0.2) is 0 Å². The molecule has 2 aromatic carbocycles. The number of hydrogen-bond donors (Lipinski definition) is 1. The van der Waals surface area contributed by atoms with Gasteiger partial charge in [-0.2, -0.15) is 0 Å². The fourth-order valence-corrected chi connectivity index (χ4v) is 3.45. The molecule has 0 aliphatic carbocycles. The van der Waals surface area contributed by atoms with Crippen molar-refractivity contribution in [1.29, 1.82) is 0 Å². The maximum atomic E-state index is 13.9. The van der Waals surface area contributed by atoms with E-state index in [4.69, 9.17) is 4.74 Å². The molecule has 0 spiro atoms. The molecule has 1 amide bonds. The molecule has 0 aromatic heterocycles. The Labute approximate surface area is 153 Å². The van der Waals surface area contributed by atoms with E-state index in [2.05, 4.69) is 0 Å². The monoisotopic (exact) mass is 357 g/mol. The first-order valence-corrected chi connectivity index (χ1v) is 8.84. The molecule has 0 unspecified atom stereocenters. The summed E-state index contributed by atoms with van der Waals surface area (Å²) in [7, 11) is 1.75. The molecule has 0 atom stereocenters. The summed E-state index contributed by atoms with van der Waals surface area (Å²) in [4.78, 5) is 14.4. The predicted octanol–water partition coefficient (Wildman–Crippen LogP) is 3.35. The van der Waals surface area contributed by atoms with E-state index in [1.165, 1.54) is 6.07 Å². The van der Waals surface area contributed by atoms with Crippen molar-refractivity contribution >= 4 is 5.91 Å². The molecule has 1 N–H and O–H groups in total. The first-order valence-electron chi connectivity index (χ1n) is 8.84. The second-order valence-electron chi connectivity index (χ2n) is 6.99. The van der Waals surface area contributed by atoms with Crippen LogP contribution in [0.25, 0.3) is 11.1 Å². The lowest BCUT2D eigenvalue weighted by Crippen LogP contribution is -2.44. The van der Waals surface area contributed by atoms with Crippen molar-refractivity contribution in [2.24, 2.45) is 5.41 Å². The Morgan fingerprint density at radius 3 is 2.42 bits per heavy atom. The van der Waals surface area contributed by atoms with Crippen LogP contribution >= 0.6 is 0 Å². The SMILES string of the molecule is CN(CC1(CO)CCOCC1)C(=O)c1ccc(-c2ccccc2F)cc1. The number of halogens is 1. The Balaban J connectivity index is 1.72. The third-order valence-corrected chi connectivity index (χ3v) is 5.12. The molecule has 26 heavy (non-hydrogen) atoms. The molecular formula is C21H24FNO3. The highest BCUT2D eigenvalue weighted by Crippen LogP contribution is 2.31. The summed E-state index contributed by atoms with van der Waals surface area (Å²) >= 11 is 0. The summed E-state index contributed by atoms with van der Waals surface area (Å²) in [5.41, 5.74) is 1.50. The van der Waals surface area contributed by atoms with Crippen LogP contribution in [0.2, 0.25) is 0 Å². The molecule has 3 rings (SSSR count). The van der Waals surface area contributed by atoms with Crippen LogP contribution in [0.3, 0.4) is 0 Å². The van der Waals surface area contributed by atoms with E-state index in [1.54, 1.807) is 54.4 Å². The number of ether oxygens (including phenoxy) is 1. The third-order valence-electron chi connectivity index (χ3n) is 5.12. The Morgan fingerprint density at radius 1 is 1.15 bits per heavy atom. The fraction of sp³-hybridized carbons (Fsp3) is 0.381. The highest BCUT2D eigenvalue weighted by molar-refractivity contribution is 5.94. The Morgan fingerprint density at radius 2 is 1.81 bits per heavy atom. The van der Waals surface area contributed by atoms with Gasteiger partial charge < -0.3 is 14.7 Å². The number of carbonyl (C=O) groups excluding carboxylic acids is 1. The van der Waals surface area contributed by atoms with E-state index in [9.17, 15) is 14.3 Å². The molecular weight excluding hydrogens is 333 g/mol. The highest BCUT2D eigenvalue weighted by Gasteiger charge is 2.34. The minimum atomic E-state index is -0.296. The minimum absolute atomic E-state index is 0.0419. The summed E-state index contributed by atoms with van der Waals surface area (Å²) in [6, 6.07) is 13.5. The van der Waals surface area contributed by atoms with Gasteiger partial charge in [-0.15, -0.1) is 0 Å². The number of benzene rings is 2.